The molecule has 12 heteroatoms. The molecule has 46 heavy (non-hydrogen) atoms. The van der Waals surface area contributed by atoms with Crippen LogP contribution in [0.3, 0.4) is 0 Å². The van der Waals surface area contributed by atoms with Crippen LogP contribution in [0, 0.1) is 25.6 Å². The number of esters is 3. The maximum atomic E-state index is 12.9. The lowest BCUT2D eigenvalue weighted by atomic mass is 9.80. The predicted octanol–water partition coefficient (Wildman–Crippen LogP) is 4.26. The van der Waals surface area contributed by atoms with E-state index in [0.29, 0.717) is 6.54 Å². The van der Waals surface area contributed by atoms with Crippen molar-refractivity contribution >= 4 is 29.8 Å². The van der Waals surface area contributed by atoms with Gasteiger partial charge in [-0.1, -0.05) is 47.5 Å². The number of halogens is 1. The standard InChI is InChI=1S/C20H18O8.C14H18FNO2/c1-11-3-7-13(8-4-11)19(25)27-15(17(21)22)16(18(23)24)28-20(26)14-9-5-12(2)6-10-14;1-16-8-7-12(13(9-16)14(17)18-2)10-3-5-11(15)6-4-10/h3-10,15-16H,1-2H3,(H,21,22)(H,23,24);3-6,12-13H,7-9H2,1-2H3/t15-,16-;12-,13+/m00/s1. The van der Waals surface area contributed by atoms with Crippen LogP contribution in [0.1, 0.15) is 49.7 Å². The molecule has 0 saturated carbocycles. The lowest BCUT2D eigenvalue weighted by molar-refractivity contribution is -0.166. The third kappa shape index (κ3) is 9.70. The maximum absolute atomic E-state index is 12.9. The number of nitrogens with zero attached hydrogens (tertiary/aromatic N) is 1. The van der Waals surface area contributed by atoms with Crippen LogP contribution in [0.5, 0.6) is 0 Å². The Bertz CT molecular complexity index is 1450. The number of carbonyl (C=O) groups excluding carboxylic acids is 3. The molecule has 1 saturated heterocycles. The van der Waals surface area contributed by atoms with Crippen LogP contribution < -0.4 is 0 Å². The summed E-state index contributed by atoms with van der Waals surface area (Å²) in [5, 5.41) is 18.6. The molecule has 0 unspecified atom stereocenters. The summed E-state index contributed by atoms with van der Waals surface area (Å²) in [5.41, 5.74) is 2.81. The van der Waals surface area contributed by atoms with E-state index in [4.69, 9.17) is 14.2 Å². The molecule has 0 aromatic heterocycles. The number of carboxylic acids is 2. The second kappa shape index (κ2) is 16.3. The smallest absolute Gasteiger partial charge is 0.349 e. The summed E-state index contributed by atoms with van der Waals surface area (Å²) in [6.07, 6.45) is -3.55. The van der Waals surface area contributed by atoms with Crippen molar-refractivity contribution < 1.29 is 52.8 Å². The Balaban J connectivity index is 0.000000275. The number of aliphatic carboxylic acids is 2. The number of hydrogen-bond donors (Lipinski definition) is 2. The van der Waals surface area contributed by atoms with Gasteiger partial charge in [-0.15, -0.1) is 0 Å². The summed E-state index contributed by atoms with van der Waals surface area (Å²) >= 11 is 0. The molecule has 0 amide bonds. The van der Waals surface area contributed by atoms with E-state index in [2.05, 4.69) is 4.90 Å². The van der Waals surface area contributed by atoms with Gasteiger partial charge < -0.3 is 29.3 Å². The highest BCUT2D eigenvalue weighted by Gasteiger charge is 2.41. The number of hydrogen-bond acceptors (Lipinski definition) is 9. The van der Waals surface area contributed by atoms with Gasteiger partial charge >= 0.3 is 29.8 Å². The van der Waals surface area contributed by atoms with E-state index in [-0.39, 0.29) is 34.7 Å². The molecule has 3 aromatic rings. The molecular formula is C34H36FNO10. The number of likely N-dealkylation sites (tertiary alicyclic amines) is 1. The molecule has 1 aliphatic heterocycles. The minimum Gasteiger partial charge on any atom is -0.478 e. The Hall–Kier alpha value is -5.10. The molecule has 0 aliphatic carbocycles. The summed E-state index contributed by atoms with van der Waals surface area (Å²) in [6.45, 7) is 5.21. The number of methoxy groups -OCH3 is 1. The average molecular weight is 638 g/mol. The van der Waals surface area contributed by atoms with Crippen molar-refractivity contribution in [1.29, 1.82) is 0 Å². The second-order valence-corrected chi connectivity index (χ2v) is 10.9. The Morgan fingerprint density at radius 1 is 0.761 bits per heavy atom. The van der Waals surface area contributed by atoms with Crippen molar-refractivity contribution in [3.63, 3.8) is 0 Å². The minimum atomic E-state index is -2.22. The quantitative estimate of drug-likeness (QED) is 0.255. The predicted molar refractivity (Wildman–Crippen MR) is 163 cm³/mol. The fourth-order valence-corrected chi connectivity index (χ4v) is 4.84. The first-order valence-electron chi connectivity index (χ1n) is 14.3. The zero-order valence-corrected chi connectivity index (χ0v) is 25.8. The van der Waals surface area contributed by atoms with Crippen molar-refractivity contribution in [2.24, 2.45) is 5.92 Å². The molecule has 1 heterocycles. The highest BCUT2D eigenvalue weighted by molar-refractivity contribution is 5.95. The summed E-state index contributed by atoms with van der Waals surface area (Å²) in [6, 6.07) is 18.5. The van der Waals surface area contributed by atoms with Gasteiger partial charge in [0.1, 0.15) is 5.82 Å². The molecule has 0 spiro atoms. The van der Waals surface area contributed by atoms with Gasteiger partial charge in [-0.05, 0) is 81.7 Å². The van der Waals surface area contributed by atoms with Crippen molar-refractivity contribution in [3.8, 4) is 0 Å². The van der Waals surface area contributed by atoms with E-state index in [1.807, 2.05) is 7.05 Å². The van der Waals surface area contributed by atoms with Crippen LogP contribution in [-0.4, -0.2) is 84.4 Å². The van der Waals surface area contributed by atoms with E-state index in [9.17, 15) is 38.6 Å². The van der Waals surface area contributed by atoms with Crippen LogP contribution in [0.25, 0.3) is 0 Å². The first kappa shape index (κ1) is 35.4. The van der Waals surface area contributed by atoms with E-state index >= 15 is 0 Å². The van der Waals surface area contributed by atoms with Crippen molar-refractivity contribution in [1.82, 2.24) is 4.90 Å². The highest BCUT2D eigenvalue weighted by Crippen LogP contribution is 2.33. The van der Waals surface area contributed by atoms with Gasteiger partial charge in [-0.3, -0.25) is 4.79 Å². The van der Waals surface area contributed by atoms with Crippen LogP contribution in [0.15, 0.2) is 72.8 Å². The van der Waals surface area contributed by atoms with Crippen LogP contribution in [-0.2, 0) is 28.6 Å². The van der Waals surface area contributed by atoms with Gasteiger partial charge in [-0.2, -0.15) is 0 Å². The van der Waals surface area contributed by atoms with Crippen molar-refractivity contribution in [3.05, 3.63) is 106 Å². The molecule has 1 aliphatic rings. The Morgan fingerprint density at radius 2 is 1.20 bits per heavy atom. The van der Waals surface area contributed by atoms with Gasteiger partial charge in [0.05, 0.1) is 24.2 Å². The van der Waals surface area contributed by atoms with E-state index in [1.165, 1.54) is 43.5 Å². The number of benzene rings is 3. The fourth-order valence-electron chi connectivity index (χ4n) is 4.84. The number of rotatable bonds is 9. The monoisotopic (exact) mass is 637 g/mol. The van der Waals surface area contributed by atoms with Crippen LogP contribution >= 0.6 is 0 Å². The molecule has 0 radical (unpaired) electrons. The van der Waals surface area contributed by atoms with Crippen molar-refractivity contribution in [2.45, 2.75) is 38.4 Å². The van der Waals surface area contributed by atoms with Gasteiger partial charge in [0.2, 0.25) is 12.2 Å². The van der Waals surface area contributed by atoms with Gasteiger partial charge in [0.15, 0.2) is 0 Å². The summed E-state index contributed by atoms with van der Waals surface area (Å²) in [4.78, 5) is 61.3. The average Bonchev–Trinajstić information content (AvgIpc) is 3.03. The summed E-state index contributed by atoms with van der Waals surface area (Å²) < 4.78 is 27.5. The summed E-state index contributed by atoms with van der Waals surface area (Å²) in [7, 11) is 3.41. The molecule has 2 N–H and O–H groups in total. The minimum absolute atomic E-state index is 0.0332. The molecule has 244 valence electrons. The zero-order chi connectivity index (χ0) is 34.0. The Morgan fingerprint density at radius 3 is 1.59 bits per heavy atom. The first-order valence-corrected chi connectivity index (χ1v) is 14.3. The fraction of sp³-hybridized carbons (Fsp3) is 0.324. The lowest BCUT2D eigenvalue weighted by Crippen LogP contribution is -2.45. The number of carboxylic acid groups (broad SMARTS) is 2. The Kier molecular flexibility index (Phi) is 12.5. The van der Waals surface area contributed by atoms with Gasteiger partial charge in [-0.25, -0.2) is 23.6 Å². The maximum Gasteiger partial charge on any atom is 0.349 e. The topological polar surface area (TPSA) is 157 Å². The molecule has 0 bridgehead atoms. The van der Waals surface area contributed by atoms with E-state index in [0.717, 1.165) is 29.7 Å². The number of ether oxygens (including phenoxy) is 3. The lowest BCUT2D eigenvalue weighted by Gasteiger charge is -2.35. The second-order valence-electron chi connectivity index (χ2n) is 10.9. The van der Waals surface area contributed by atoms with E-state index in [1.54, 1.807) is 50.2 Å². The molecule has 1 fully saturated rings. The molecule has 4 rings (SSSR count). The highest BCUT2D eigenvalue weighted by atomic mass is 19.1. The zero-order valence-electron chi connectivity index (χ0n) is 25.8. The molecule has 3 aromatic carbocycles. The largest absolute Gasteiger partial charge is 0.478 e. The van der Waals surface area contributed by atoms with Gasteiger partial charge in [0, 0.05) is 6.54 Å². The van der Waals surface area contributed by atoms with Crippen molar-refractivity contribution in [2.75, 3.05) is 27.2 Å². The van der Waals surface area contributed by atoms with Gasteiger partial charge in [0.25, 0.3) is 0 Å². The molecule has 11 nitrogen and oxygen atoms in total. The van der Waals surface area contributed by atoms with E-state index < -0.39 is 36.1 Å². The third-order valence-corrected chi connectivity index (χ3v) is 7.42. The number of carbonyl (C=O) groups is 5. The number of aryl methyl sites for hydroxylation is 2. The number of piperidine rings is 1. The third-order valence-electron chi connectivity index (χ3n) is 7.42. The Labute approximate surface area is 265 Å². The SMILES string of the molecule is COC(=O)[C@@H]1CN(C)CC[C@H]1c1ccc(F)cc1.Cc1ccc(C(=O)O[C@H](C(=O)O)[C@H](OC(=O)c2ccc(C)cc2)C(=O)O)cc1. The first-order chi connectivity index (χ1) is 21.8. The molecule has 4 atom stereocenters. The van der Waals surface area contributed by atoms with Crippen LogP contribution in [0.4, 0.5) is 4.39 Å². The van der Waals surface area contributed by atoms with Crippen LogP contribution in [0.2, 0.25) is 0 Å². The molecular weight excluding hydrogens is 601 g/mol. The summed E-state index contributed by atoms with van der Waals surface area (Å²) in [5.74, 6) is -6.10. The normalized spacial score (nSPS) is 17.3.